The average molecular weight is 382 g/mol. The number of pyridine rings is 1. The van der Waals surface area contributed by atoms with E-state index < -0.39 is 0 Å². The van der Waals surface area contributed by atoms with Crippen molar-refractivity contribution >= 4 is 11.8 Å². The predicted molar refractivity (Wildman–Crippen MR) is 113 cm³/mol. The van der Waals surface area contributed by atoms with Crippen LogP contribution in [0.5, 0.6) is 0 Å². The van der Waals surface area contributed by atoms with Gasteiger partial charge in [-0.15, -0.1) is 0 Å². The number of nitrogens with one attached hydrogen (secondary N) is 2. The van der Waals surface area contributed by atoms with E-state index in [2.05, 4.69) is 32.7 Å². The van der Waals surface area contributed by atoms with Crippen LogP contribution in [0, 0.1) is 0 Å². The molecule has 1 aliphatic heterocycles. The van der Waals surface area contributed by atoms with E-state index in [-0.39, 0.29) is 0 Å². The molecule has 1 saturated carbocycles. The predicted octanol–water partition coefficient (Wildman–Crippen LogP) is 3.36. The Balaban J connectivity index is 1.35. The number of hydrogen-bond acceptors (Lipinski definition) is 4. The van der Waals surface area contributed by atoms with Crippen LogP contribution in [0.25, 0.3) is 0 Å². The highest BCUT2D eigenvalue weighted by molar-refractivity contribution is 5.80. The summed E-state index contributed by atoms with van der Waals surface area (Å²) in [6, 6.07) is 11.0. The molecule has 1 saturated heterocycles. The van der Waals surface area contributed by atoms with E-state index in [0.29, 0.717) is 12.1 Å². The number of furan rings is 1. The molecule has 2 aromatic rings. The van der Waals surface area contributed by atoms with E-state index in [9.17, 15) is 0 Å². The number of anilines is 1. The van der Waals surface area contributed by atoms with E-state index in [0.717, 1.165) is 50.0 Å². The molecule has 0 amide bonds. The fraction of sp³-hybridized carbons (Fsp3) is 0.545. The molecule has 2 aromatic heterocycles. The van der Waals surface area contributed by atoms with Gasteiger partial charge in [-0.3, -0.25) is 4.99 Å². The van der Waals surface area contributed by atoms with Gasteiger partial charge < -0.3 is 20.0 Å². The Bertz CT molecular complexity index is 725. The van der Waals surface area contributed by atoms with Gasteiger partial charge in [0.15, 0.2) is 5.96 Å². The second-order valence-electron chi connectivity index (χ2n) is 7.80. The number of aliphatic imine (C=N–C) groups is 1. The van der Waals surface area contributed by atoms with Gasteiger partial charge in [0.05, 0.1) is 6.26 Å². The molecule has 0 aromatic carbocycles. The Morgan fingerprint density at radius 2 is 1.96 bits per heavy atom. The van der Waals surface area contributed by atoms with E-state index in [1.54, 1.807) is 6.26 Å². The maximum Gasteiger partial charge on any atom is 0.191 e. The summed E-state index contributed by atoms with van der Waals surface area (Å²) in [7, 11) is 0. The third-order valence-electron chi connectivity index (χ3n) is 5.66. The number of nitrogens with zero attached hydrogens (tertiary/aromatic N) is 3. The molecule has 0 bridgehead atoms. The summed E-state index contributed by atoms with van der Waals surface area (Å²) in [6.45, 7) is 2.71. The summed E-state index contributed by atoms with van der Waals surface area (Å²) < 4.78 is 5.44. The lowest BCUT2D eigenvalue weighted by Gasteiger charge is -2.26. The van der Waals surface area contributed by atoms with Crippen molar-refractivity contribution in [3.63, 3.8) is 0 Å². The molecule has 28 heavy (non-hydrogen) atoms. The first-order valence-electron chi connectivity index (χ1n) is 10.6. The quantitative estimate of drug-likeness (QED) is 0.593. The third kappa shape index (κ3) is 5.27. The average Bonchev–Trinajstić information content (AvgIpc) is 3.42. The second-order valence-corrected chi connectivity index (χ2v) is 7.80. The van der Waals surface area contributed by atoms with Gasteiger partial charge in [0.25, 0.3) is 0 Å². The van der Waals surface area contributed by atoms with Crippen LogP contribution in [0.1, 0.15) is 44.3 Å². The Morgan fingerprint density at radius 1 is 1.07 bits per heavy atom. The molecule has 4 rings (SSSR count). The first-order valence-corrected chi connectivity index (χ1v) is 10.6. The van der Waals surface area contributed by atoms with Crippen LogP contribution >= 0.6 is 0 Å². The van der Waals surface area contributed by atoms with Crippen LogP contribution in [0.2, 0.25) is 0 Å². The summed E-state index contributed by atoms with van der Waals surface area (Å²) in [5, 5.41) is 7.37. The minimum atomic E-state index is 0.389. The lowest BCUT2D eigenvalue weighted by atomic mass is 9.96. The van der Waals surface area contributed by atoms with Crippen LogP contribution in [-0.2, 0) is 6.42 Å². The van der Waals surface area contributed by atoms with Crippen molar-refractivity contribution < 1.29 is 4.42 Å². The van der Waals surface area contributed by atoms with Crippen LogP contribution in [0.4, 0.5) is 5.82 Å². The molecule has 150 valence electrons. The lowest BCUT2D eigenvalue weighted by molar-refractivity contribution is 0.408. The minimum absolute atomic E-state index is 0.389. The van der Waals surface area contributed by atoms with Crippen molar-refractivity contribution in [3.05, 3.63) is 48.6 Å². The maximum atomic E-state index is 5.44. The zero-order chi connectivity index (χ0) is 19.0. The summed E-state index contributed by atoms with van der Waals surface area (Å²) in [5.41, 5.74) is 0. The van der Waals surface area contributed by atoms with E-state index in [1.165, 1.54) is 32.1 Å². The molecule has 2 aliphatic rings. The van der Waals surface area contributed by atoms with Crippen molar-refractivity contribution in [3.8, 4) is 0 Å². The van der Waals surface area contributed by atoms with E-state index >= 15 is 0 Å². The summed E-state index contributed by atoms with van der Waals surface area (Å²) in [6.07, 6.45) is 12.0. The zero-order valence-electron chi connectivity index (χ0n) is 16.5. The molecular formula is C22H31N5O. The van der Waals surface area contributed by atoms with Gasteiger partial charge in [0, 0.05) is 44.3 Å². The number of rotatable bonds is 6. The van der Waals surface area contributed by atoms with Crippen LogP contribution in [-0.4, -0.2) is 42.7 Å². The number of hydrogen-bond donors (Lipinski definition) is 2. The van der Waals surface area contributed by atoms with Gasteiger partial charge in [-0.25, -0.2) is 4.98 Å². The van der Waals surface area contributed by atoms with Gasteiger partial charge in [-0.05, 0) is 43.5 Å². The lowest BCUT2D eigenvalue weighted by Crippen LogP contribution is -2.49. The van der Waals surface area contributed by atoms with Crippen LogP contribution < -0.4 is 15.5 Å². The first kappa shape index (κ1) is 18.8. The minimum Gasteiger partial charge on any atom is -0.469 e. The molecule has 3 heterocycles. The monoisotopic (exact) mass is 381 g/mol. The molecule has 6 heteroatoms. The summed E-state index contributed by atoms with van der Waals surface area (Å²) in [4.78, 5) is 11.7. The van der Waals surface area contributed by atoms with Crippen molar-refractivity contribution in [1.82, 2.24) is 15.6 Å². The molecule has 2 fully saturated rings. The second kappa shape index (κ2) is 9.62. The third-order valence-corrected chi connectivity index (χ3v) is 5.66. The van der Waals surface area contributed by atoms with Crippen LogP contribution in [0.15, 0.2) is 52.2 Å². The Labute approximate surface area is 167 Å². The van der Waals surface area contributed by atoms with Gasteiger partial charge in [0.1, 0.15) is 11.6 Å². The van der Waals surface area contributed by atoms with Gasteiger partial charge >= 0.3 is 0 Å². The standard InChI is InChI=1S/C22H31N5O/c1-2-7-18(8-3-1)25-22(24-14-11-20-9-6-16-28-20)26-19-12-15-27(17-19)21-10-4-5-13-23-21/h4-6,9-10,13,16,18-19H,1-3,7-8,11-12,14-15,17H2,(H2,24,25,26). The van der Waals surface area contributed by atoms with Gasteiger partial charge in [0.2, 0.25) is 0 Å². The topological polar surface area (TPSA) is 65.7 Å². The van der Waals surface area contributed by atoms with Gasteiger partial charge in [-0.1, -0.05) is 25.3 Å². The smallest absolute Gasteiger partial charge is 0.191 e. The van der Waals surface area contributed by atoms with Crippen molar-refractivity contribution in [1.29, 1.82) is 0 Å². The molecule has 1 aliphatic carbocycles. The van der Waals surface area contributed by atoms with Gasteiger partial charge in [-0.2, -0.15) is 0 Å². The molecule has 1 atom stereocenters. The molecule has 6 nitrogen and oxygen atoms in total. The number of guanidine groups is 1. The molecule has 0 radical (unpaired) electrons. The highest BCUT2D eigenvalue weighted by Gasteiger charge is 2.25. The van der Waals surface area contributed by atoms with Crippen LogP contribution in [0.3, 0.4) is 0 Å². The zero-order valence-corrected chi connectivity index (χ0v) is 16.5. The SMILES string of the molecule is c1ccc(N2CCC(NC(=NCCc3ccco3)NC3CCCCC3)C2)nc1. The fourth-order valence-corrected chi connectivity index (χ4v) is 4.13. The Hall–Kier alpha value is -2.50. The van der Waals surface area contributed by atoms with Crippen molar-refractivity contribution in [2.75, 3.05) is 24.5 Å². The molecule has 0 spiro atoms. The highest BCUT2D eigenvalue weighted by Crippen LogP contribution is 2.19. The first-order chi connectivity index (χ1) is 13.9. The normalized spacial score (nSPS) is 21.1. The van der Waals surface area contributed by atoms with Crippen molar-refractivity contribution in [2.24, 2.45) is 4.99 Å². The molecular weight excluding hydrogens is 350 g/mol. The molecule has 1 unspecified atom stereocenters. The molecule has 2 N–H and O–H groups in total. The largest absolute Gasteiger partial charge is 0.469 e. The summed E-state index contributed by atoms with van der Waals surface area (Å²) in [5.74, 6) is 3.00. The van der Waals surface area contributed by atoms with E-state index in [4.69, 9.17) is 9.41 Å². The maximum absolute atomic E-state index is 5.44. The highest BCUT2D eigenvalue weighted by atomic mass is 16.3. The Morgan fingerprint density at radius 3 is 2.75 bits per heavy atom. The van der Waals surface area contributed by atoms with E-state index in [1.807, 2.05) is 24.4 Å². The van der Waals surface area contributed by atoms with Crippen molar-refractivity contribution in [2.45, 2.75) is 57.0 Å². The Kier molecular flexibility index (Phi) is 6.48. The number of aromatic nitrogens is 1. The fourth-order valence-electron chi connectivity index (χ4n) is 4.13. The summed E-state index contributed by atoms with van der Waals surface area (Å²) >= 11 is 0.